The van der Waals surface area contributed by atoms with Crippen LogP contribution in [0.1, 0.15) is 11.1 Å². The first-order chi connectivity index (χ1) is 12.1. The van der Waals surface area contributed by atoms with Gasteiger partial charge in [0.1, 0.15) is 12.4 Å². The van der Waals surface area contributed by atoms with E-state index in [4.69, 9.17) is 27.9 Å². The van der Waals surface area contributed by atoms with E-state index in [0.29, 0.717) is 23.9 Å². The van der Waals surface area contributed by atoms with Crippen molar-refractivity contribution in [1.29, 1.82) is 0 Å². The smallest absolute Gasteiger partial charge is 0.138 e. The Morgan fingerprint density at radius 1 is 0.840 bits per heavy atom. The number of ether oxygens (including phenoxy) is 1. The van der Waals surface area contributed by atoms with Gasteiger partial charge in [-0.2, -0.15) is 0 Å². The van der Waals surface area contributed by atoms with Crippen LogP contribution >= 0.6 is 39.1 Å². The SMILES string of the molecule is Clc1ccc(NCc2ccc(OCc3ccc(Br)cc3)c(Cl)c2)cc1. The minimum atomic E-state index is 0.482. The number of rotatable bonds is 6. The molecule has 5 heteroatoms. The van der Waals surface area contributed by atoms with E-state index in [1.165, 1.54) is 0 Å². The second kappa shape index (κ2) is 8.61. The van der Waals surface area contributed by atoms with E-state index >= 15 is 0 Å². The van der Waals surface area contributed by atoms with Crippen LogP contribution < -0.4 is 10.1 Å². The lowest BCUT2D eigenvalue weighted by Gasteiger charge is -2.11. The van der Waals surface area contributed by atoms with Gasteiger partial charge in [0.15, 0.2) is 0 Å². The summed E-state index contributed by atoms with van der Waals surface area (Å²) in [7, 11) is 0. The molecule has 0 aliphatic heterocycles. The summed E-state index contributed by atoms with van der Waals surface area (Å²) in [6.45, 7) is 1.16. The molecular weight excluding hydrogens is 421 g/mol. The van der Waals surface area contributed by atoms with Crippen molar-refractivity contribution in [3.8, 4) is 5.75 Å². The van der Waals surface area contributed by atoms with Crippen LogP contribution in [0.4, 0.5) is 5.69 Å². The Kier molecular flexibility index (Phi) is 6.24. The summed E-state index contributed by atoms with van der Waals surface area (Å²) in [5, 5.41) is 4.66. The average Bonchev–Trinajstić information content (AvgIpc) is 2.62. The van der Waals surface area contributed by atoms with Gasteiger partial charge in [-0.05, 0) is 59.7 Å². The Hall–Kier alpha value is -1.68. The van der Waals surface area contributed by atoms with E-state index < -0.39 is 0 Å². The first-order valence-electron chi connectivity index (χ1n) is 7.75. The predicted molar refractivity (Wildman–Crippen MR) is 109 cm³/mol. The maximum Gasteiger partial charge on any atom is 0.138 e. The molecule has 0 amide bonds. The fraction of sp³-hybridized carbons (Fsp3) is 0.100. The highest BCUT2D eigenvalue weighted by Gasteiger charge is 2.04. The van der Waals surface area contributed by atoms with E-state index in [1.54, 1.807) is 0 Å². The topological polar surface area (TPSA) is 21.3 Å². The van der Waals surface area contributed by atoms with Gasteiger partial charge in [-0.15, -0.1) is 0 Å². The molecule has 2 nitrogen and oxygen atoms in total. The molecule has 128 valence electrons. The molecule has 0 heterocycles. The van der Waals surface area contributed by atoms with Crippen LogP contribution in [0.15, 0.2) is 71.2 Å². The van der Waals surface area contributed by atoms with E-state index in [0.717, 1.165) is 26.3 Å². The van der Waals surface area contributed by atoms with Gasteiger partial charge in [-0.3, -0.25) is 0 Å². The van der Waals surface area contributed by atoms with Crippen molar-refractivity contribution in [2.24, 2.45) is 0 Å². The summed E-state index contributed by atoms with van der Waals surface area (Å²) < 4.78 is 6.86. The van der Waals surface area contributed by atoms with Gasteiger partial charge in [0.25, 0.3) is 0 Å². The van der Waals surface area contributed by atoms with Gasteiger partial charge in [0.2, 0.25) is 0 Å². The lowest BCUT2D eigenvalue weighted by Crippen LogP contribution is -2.00. The van der Waals surface area contributed by atoms with Crippen LogP contribution in [0, 0.1) is 0 Å². The van der Waals surface area contributed by atoms with Gasteiger partial charge in [0, 0.05) is 21.7 Å². The van der Waals surface area contributed by atoms with Crippen LogP contribution in [0.3, 0.4) is 0 Å². The number of halogens is 3. The Bertz CT molecular complexity index is 835. The fourth-order valence-corrected chi connectivity index (χ4v) is 2.93. The zero-order valence-electron chi connectivity index (χ0n) is 13.3. The molecule has 3 aromatic carbocycles. The second-order valence-electron chi connectivity index (χ2n) is 5.54. The molecule has 0 aromatic heterocycles. The Labute approximate surface area is 165 Å². The first-order valence-corrected chi connectivity index (χ1v) is 9.30. The molecule has 0 aliphatic rings. The van der Waals surface area contributed by atoms with E-state index in [2.05, 4.69) is 21.2 Å². The van der Waals surface area contributed by atoms with Crippen LogP contribution in [0.25, 0.3) is 0 Å². The number of benzene rings is 3. The Morgan fingerprint density at radius 2 is 1.52 bits per heavy atom. The Balaban J connectivity index is 1.58. The van der Waals surface area contributed by atoms with Gasteiger partial charge in [0.05, 0.1) is 5.02 Å². The summed E-state index contributed by atoms with van der Waals surface area (Å²) >= 11 is 15.7. The second-order valence-corrected chi connectivity index (χ2v) is 7.30. The van der Waals surface area contributed by atoms with Gasteiger partial charge >= 0.3 is 0 Å². The molecule has 25 heavy (non-hydrogen) atoms. The predicted octanol–water partition coefficient (Wildman–Crippen LogP) is 6.95. The third-order valence-electron chi connectivity index (χ3n) is 3.64. The largest absolute Gasteiger partial charge is 0.487 e. The zero-order chi connectivity index (χ0) is 17.6. The number of nitrogens with one attached hydrogen (secondary N) is 1. The van der Waals surface area contributed by atoms with Crippen molar-refractivity contribution in [3.63, 3.8) is 0 Å². The molecule has 0 spiro atoms. The minimum absolute atomic E-state index is 0.482. The summed E-state index contributed by atoms with van der Waals surface area (Å²) in [6.07, 6.45) is 0. The first kappa shape index (κ1) is 18.1. The number of hydrogen-bond donors (Lipinski definition) is 1. The molecule has 0 unspecified atom stereocenters. The highest BCUT2D eigenvalue weighted by molar-refractivity contribution is 9.10. The lowest BCUT2D eigenvalue weighted by atomic mass is 10.2. The third kappa shape index (κ3) is 5.40. The molecular formula is C20H16BrCl2NO. The highest BCUT2D eigenvalue weighted by Crippen LogP contribution is 2.27. The number of hydrogen-bond acceptors (Lipinski definition) is 2. The third-order valence-corrected chi connectivity index (χ3v) is 4.72. The molecule has 0 fully saturated rings. The molecule has 0 bridgehead atoms. The summed E-state index contributed by atoms with van der Waals surface area (Å²) in [4.78, 5) is 0. The van der Waals surface area contributed by atoms with E-state index in [9.17, 15) is 0 Å². The van der Waals surface area contributed by atoms with Gasteiger partial charge < -0.3 is 10.1 Å². The minimum Gasteiger partial charge on any atom is -0.487 e. The molecule has 0 aliphatic carbocycles. The maximum atomic E-state index is 6.35. The van der Waals surface area contributed by atoms with Crippen molar-refractivity contribution in [1.82, 2.24) is 0 Å². The summed E-state index contributed by atoms with van der Waals surface area (Å²) in [5.41, 5.74) is 3.18. The van der Waals surface area contributed by atoms with Crippen molar-refractivity contribution in [2.75, 3.05) is 5.32 Å². The zero-order valence-corrected chi connectivity index (χ0v) is 16.4. The average molecular weight is 437 g/mol. The van der Waals surface area contributed by atoms with Crippen molar-refractivity contribution in [3.05, 3.63) is 92.4 Å². The lowest BCUT2D eigenvalue weighted by molar-refractivity contribution is 0.306. The molecule has 0 saturated carbocycles. The number of anilines is 1. The molecule has 0 atom stereocenters. The van der Waals surface area contributed by atoms with Gasteiger partial charge in [-0.25, -0.2) is 0 Å². The van der Waals surface area contributed by atoms with Crippen molar-refractivity contribution >= 4 is 44.8 Å². The van der Waals surface area contributed by atoms with Crippen LogP contribution in [0.5, 0.6) is 5.75 Å². The van der Waals surface area contributed by atoms with Crippen LogP contribution in [-0.4, -0.2) is 0 Å². The quantitative estimate of drug-likeness (QED) is 0.451. The Morgan fingerprint density at radius 3 is 2.20 bits per heavy atom. The van der Waals surface area contributed by atoms with Crippen LogP contribution in [-0.2, 0) is 13.2 Å². The molecule has 1 N–H and O–H groups in total. The molecule has 3 rings (SSSR count). The van der Waals surface area contributed by atoms with Crippen molar-refractivity contribution < 1.29 is 4.74 Å². The molecule has 0 saturated heterocycles. The van der Waals surface area contributed by atoms with E-state index in [1.807, 2.05) is 66.7 Å². The standard InChI is InChI=1S/C20H16BrCl2NO/c21-16-4-1-14(2-5-16)13-25-20-10-3-15(11-19(20)23)12-24-18-8-6-17(22)7-9-18/h1-11,24H,12-13H2. The van der Waals surface area contributed by atoms with E-state index in [-0.39, 0.29) is 0 Å². The normalized spacial score (nSPS) is 10.5. The van der Waals surface area contributed by atoms with Gasteiger partial charge in [-0.1, -0.05) is 57.3 Å². The summed E-state index contributed by atoms with van der Waals surface area (Å²) in [6, 6.07) is 21.4. The highest BCUT2D eigenvalue weighted by atomic mass is 79.9. The molecule has 0 radical (unpaired) electrons. The fourth-order valence-electron chi connectivity index (χ4n) is 2.28. The summed E-state index contributed by atoms with van der Waals surface area (Å²) in [5.74, 6) is 0.680. The van der Waals surface area contributed by atoms with Crippen molar-refractivity contribution in [2.45, 2.75) is 13.2 Å². The van der Waals surface area contributed by atoms with Crippen LogP contribution in [0.2, 0.25) is 10.0 Å². The maximum absolute atomic E-state index is 6.35. The molecule has 3 aromatic rings. The monoisotopic (exact) mass is 435 g/mol.